The zero-order chi connectivity index (χ0) is 22.6. The quantitative estimate of drug-likeness (QED) is 0.321. The van der Waals surface area contributed by atoms with Crippen LogP contribution in [-0.4, -0.2) is 26.9 Å². The van der Waals surface area contributed by atoms with Crippen LogP contribution in [0.5, 0.6) is 0 Å². The number of hydrogen-bond acceptors (Lipinski definition) is 3. The maximum absolute atomic E-state index is 13.7. The molecule has 5 nitrogen and oxygen atoms in total. The second kappa shape index (κ2) is 9.27. The van der Waals surface area contributed by atoms with Crippen molar-refractivity contribution in [2.45, 2.75) is 19.4 Å². The lowest BCUT2D eigenvalue weighted by molar-refractivity contribution is 0.0945. The Morgan fingerprint density at radius 2 is 1.88 bits per heavy atom. The van der Waals surface area contributed by atoms with Crippen LogP contribution in [0.2, 0.25) is 0 Å². The van der Waals surface area contributed by atoms with Crippen LogP contribution in [0, 0.1) is 6.92 Å². The largest absolute Gasteiger partial charge is 0.360 e. The molecule has 2 aromatic heterocycles. The highest BCUT2D eigenvalue weighted by molar-refractivity contribution is 6.10. The Labute approximate surface area is 193 Å². The van der Waals surface area contributed by atoms with E-state index in [2.05, 4.69) is 46.5 Å². The number of aryl methyl sites for hydroxylation is 1. The number of nitrogens with zero attached hydrogens (tertiary/aromatic N) is 2. The van der Waals surface area contributed by atoms with Crippen LogP contribution in [0.1, 0.15) is 33.1 Å². The van der Waals surface area contributed by atoms with Gasteiger partial charge in [-0.3, -0.25) is 4.79 Å². The number of ketones is 1. The van der Waals surface area contributed by atoms with Crippen molar-refractivity contribution >= 4 is 16.7 Å². The first-order chi connectivity index (χ1) is 16.2. The molecule has 5 aromatic rings. The van der Waals surface area contributed by atoms with Crippen LogP contribution in [0.25, 0.3) is 16.6 Å². The third-order valence-electron chi connectivity index (χ3n) is 6.01. The zero-order valence-electron chi connectivity index (χ0n) is 18.5. The van der Waals surface area contributed by atoms with Crippen molar-refractivity contribution in [3.05, 3.63) is 120 Å². The summed E-state index contributed by atoms with van der Waals surface area (Å²) in [7, 11) is 0. The Bertz CT molecular complexity index is 1350. The SMILES string of the molecule is Cc1ccc(CCN[C@H](C(=O)c2c[nH]c3cc(-n4ccnc4)ccc23)c2ccccc2)cc1. The predicted molar refractivity (Wildman–Crippen MR) is 132 cm³/mol. The fraction of sp³-hybridized carbons (Fsp3) is 0.143. The summed E-state index contributed by atoms with van der Waals surface area (Å²) in [5, 5.41) is 4.43. The third-order valence-corrected chi connectivity index (χ3v) is 6.01. The van der Waals surface area contributed by atoms with E-state index in [9.17, 15) is 4.79 Å². The zero-order valence-corrected chi connectivity index (χ0v) is 18.5. The average Bonchev–Trinajstić information content (AvgIpc) is 3.53. The second-order valence-electron chi connectivity index (χ2n) is 8.30. The molecule has 0 spiro atoms. The van der Waals surface area contributed by atoms with Crippen molar-refractivity contribution in [3.8, 4) is 5.69 Å². The van der Waals surface area contributed by atoms with Gasteiger partial charge in [0, 0.05) is 47.3 Å². The van der Waals surface area contributed by atoms with Crippen molar-refractivity contribution in [1.29, 1.82) is 0 Å². The monoisotopic (exact) mass is 434 g/mol. The van der Waals surface area contributed by atoms with E-state index >= 15 is 0 Å². The molecule has 0 aliphatic carbocycles. The van der Waals surface area contributed by atoms with Gasteiger partial charge in [0.15, 0.2) is 5.78 Å². The van der Waals surface area contributed by atoms with E-state index in [4.69, 9.17) is 0 Å². The van der Waals surface area contributed by atoms with Crippen molar-refractivity contribution in [1.82, 2.24) is 19.9 Å². The summed E-state index contributed by atoms with van der Waals surface area (Å²) in [6.45, 7) is 2.80. The van der Waals surface area contributed by atoms with Gasteiger partial charge in [-0.1, -0.05) is 66.2 Å². The molecule has 0 saturated heterocycles. The molecule has 3 aromatic carbocycles. The third kappa shape index (κ3) is 4.49. The Balaban J connectivity index is 1.40. The first kappa shape index (κ1) is 20.9. The Morgan fingerprint density at radius 3 is 2.64 bits per heavy atom. The maximum atomic E-state index is 13.7. The number of carbonyl (C=O) groups excluding carboxylic acids is 1. The minimum Gasteiger partial charge on any atom is -0.360 e. The normalized spacial score (nSPS) is 12.2. The van der Waals surface area contributed by atoms with Crippen molar-refractivity contribution < 1.29 is 4.79 Å². The number of Topliss-reactive ketones (excluding diaryl/α,β-unsaturated/α-hetero) is 1. The summed E-state index contributed by atoms with van der Waals surface area (Å²) < 4.78 is 1.95. The van der Waals surface area contributed by atoms with E-state index in [1.165, 1.54) is 11.1 Å². The van der Waals surface area contributed by atoms with Crippen molar-refractivity contribution in [2.24, 2.45) is 0 Å². The van der Waals surface area contributed by atoms with Crippen LogP contribution in [-0.2, 0) is 6.42 Å². The van der Waals surface area contributed by atoms with Gasteiger partial charge in [-0.15, -0.1) is 0 Å². The molecule has 0 aliphatic rings. The molecule has 1 atom stereocenters. The number of aromatic amines is 1. The fourth-order valence-electron chi connectivity index (χ4n) is 4.17. The molecule has 0 saturated carbocycles. The molecular formula is C28H26N4O. The number of rotatable bonds is 8. The van der Waals surface area contributed by atoms with E-state index in [1.54, 1.807) is 12.5 Å². The standard InChI is InChI=1S/C28H26N4O/c1-20-7-9-21(10-8-20)13-14-30-27(22-5-3-2-4-6-22)28(33)25-18-31-26-17-23(11-12-24(25)26)32-16-15-29-19-32/h2-12,15-19,27,30-31H,13-14H2,1H3/t27-/m0/s1. The van der Waals surface area contributed by atoms with Crippen molar-refractivity contribution in [2.75, 3.05) is 6.54 Å². The van der Waals surface area contributed by atoms with Crippen LogP contribution in [0.15, 0.2) is 97.7 Å². The minimum absolute atomic E-state index is 0.0618. The Hall–Kier alpha value is -3.96. The Kier molecular flexibility index (Phi) is 5.87. The summed E-state index contributed by atoms with van der Waals surface area (Å²) in [5.74, 6) is 0.0618. The molecule has 0 aliphatic heterocycles. The molecule has 0 fully saturated rings. The predicted octanol–water partition coefficient (Wildman–Crippen LogP) is 5.42. The molecule has 5 heteroatoms. The number of hydrogen-bond donors (Lipinski definition) is 2. The molecule has 0 unspecified atom stereocenters. The molecule has 0 radical (unpaired) electrons. The maximum Gasteiger partial charge on any atom is 0.186 e. The molecule has 164 valence electrons. The van der Waals surface area contributed by atoms with Gasteiger partial charge in [0.1, 0.15) is 0 Å². The highest BCUT2D eigenvalue weighted by atomic mass is 16.1. The second-order valence-corrected chi connectivity index (χ2v) is 8.30. The summed E-state index contributed by atoms with van der Waals surface area (Å²) in [5.41, 5.74) is 6.09. The highest BCUT2D eigenvalue weighted by Gasteiger charge is 2.24. The van der Waals surface area contributed by atoms with Gasteiger partial charge in [0.25, 0.3) is 0 Å². The number of imidazole rings is 1. The summed E-state index contributed by atoms with van der Waals surface area (Å²) in [6, 6.07) is 24.1. The minimum atomic E-state index is -0.413. The lowest BCUT2D eigenvalue weighted by atomic mass is 9.96. The Morgan fingerprint density at radius 1 is 1.06 bits per heavy atom. The van der Waals surface area contributed by atoms with Crippen LogP contribution in [0.4, 0.5) is 0 Å². The highest BCUT2D eigenvalue weighted by Crippen LogP contribution is 2.26. The number of carbonyl (C=O) groups is 1. The first-order valence-electron chi connectivity index (χ1n) is 11.2. The van der Waals surface area contributed by atoms with E-state index < -0.39 is 6.04 Å². The molecule has 0 amide bonds. The van der Waals surface area contributed by atoms with Gasteiger partial charge in [0.05, 0.1) is 12.4 Å². The van der Waals surface area contributed by atoms with Crippen LogP contribution in [0.3, 0.4) is 0 Å². The summed E-state index contributed by atoms with van der Waals surface area (Å²) in [4.78, 5) is 21.1. The van der Waals surface area contributed by atoms with E-state index in [0.717, 1.165) is 28.6 Å². The molecule has 2 heterocycles. The fourth-order valence-corrected chi connectivity index (χ4v) is 4.17. The molecule has 2 N–H and O–H groups in total. The molecule has 33 heavy (non-hydrogen) atoms. The number of H-pyrrole nitrogens is 1. The number of aromatic nitrogens is 3. The summed E-state index contributed by atoms with van der Waals surface area (Å²) in [6.07, 6.45) is 8.10. The van der Waals surface area contributed by atoms with Gasteiger partial charge in [-0.25, -0.2) is 4.98 Å². The smallest absolute Gasteiger partial charge is 0.186 e. The molecule has 5 rings (SSSR count). The number of fused-ring (bicyclic) bond motifs is 1. The molecular weight excluding hydrogens is 408 g/mol. The number of nitrogens with one attached hydrogen (secondary N) is 2. The first-order valence-corrected chi connectivity index (χ1v) is 11.2. The topological polar surface area (TPSA) is 62.7 Å². The van der Waals surface area contributed by atoms with E-state index in [0.29, 0.717) is 12.1 Å². The van der Waals surface area contributed by atoms with Gasteiger partial charge >= 0.3 is 0 Å². The average molecular weight is 435 g/mol. The van der Waals surface area contributed by atoms with Gasteiger partial charge < -0.3 is 14.9 Å². The van der Waals surface area contributed by atoms with Gasteiger partial charge in [-0.2, -0.15) is 0 Å². The van der Waals surface area contributed by atoms with E-state index in [-0.39, 0.29) is 5.78 Å². The lowest BCUT2D eigenvalue weighted by Gasteiger charge is -2.18. The molecule has 0 bridgehead atoms. The van der Waals surface area contributed by atoms with Crippen LogP contribution < -0.4 is 5.32 Å². The van der Waals surface area contributed by atoms with Gasteiger partial charge in [0.2, 0.25) is 0 Å². The van der Waals surface area contributed by atoms with Crippen molar-refractivity contribution in [3.63, 3.8) is 0 Å². The van der Waals surface area contributed by atoms with Crippen LogP contribution >= 0.6 is 0 Å². The lowest BCUT2D eigenvalue weighted by Crippen LogP contribution is -2.30. The van der Waals surface area contributed by atoms with E-state index in [1.807, 2.05) is 65.5 Å². The number of benzene rings is 3. The van der Waals surface area contributed by atoms with Gasteiger partial charge in [-0.05, 0) is 36.6 Å². The summed E-state index contributed by atoms with van der Waals surface area (Å²) >= 11 is 0.